The third kappa shape index (κ3) is 5.92. The van der Waals surface area contributed by atoms with Crippen LogP contribution in [0.15, 0.2) is 79.6 Å². The molecule has 7 aromatic rings. The van der Waals surface area contributed by atoms with Crippen LogP contribution in [0.2, 0.25) is 10.0 Å². The second kappa shape index (κ2) is 12.4. The summed E-state index contributed by atoms with van der Waals surface area (Å²) in [4.78, 5) is 21.7. The van der Waals surface area contributed by atoms with E-state index < -0.39 is 5.60 Å². The molecule has 248 valence electrons. The van der Waals surface area contributed by atoms with Gasteiger partial charge in [-0.15, -0.1) is 0 Å². The first-order valence-electron chi connectivity index (χ1n) is 16.0. The highest BCUT2D eigenvalue weighted by atomic mass is 35.5. The van der Waals surface area contributed by atoms with Crippen LogP contribution in [0.4, 0.5) is 17.6 Å². The normalized spacial score (nSPS) is 17.9. The van der Waals surface area contributed by atoms with Gasteiger partial charge < -0.3 is 31.0 Å². The maximum atomic E-state index is 11.2. The number of anilines is 3. The molecule has 0 unspecified atom stereocenters. The Morgan fingerprint density at radius 1 is 0.939 bits per heavy atom. The molecule has 1 aliphatic rings. The molecule has 0 saturated heterocycles. The Kier molecular flexibility index (Phi) is 7.86. The lowest BCUT2D eigenvalue weighted by Crippen LogP contribution is -2.41. The minimum atomic E-state index is -0.842. The summed E-state index contributed by atoms with van der Waals surface area (Å²) in [6.07, 6.45) is 13.3. The number of benzene rings is 2. The van der Waals surface area contributed by atoms with Gasteiger partial charge in [-0.2, -0.15) is 5.10 Å². The van der Waals surface area contributed by atoms with Crippen LogP contribution in [0.25, 0.3) is 50.0 Å². The van der Waals surface area contributed by atoms with Gasteiger partial charge in [0.2, 0.25) is 11.9 Å². The average Bonchev–Trinajstić information content (AvgIpc) is 3.83. The smallest absolute Gasteiger partial charge is 0.223 e. The van der Waals surface area contributed by atoms with Crippen molar-refractivity contribution >= 4 is 62.6 Å². The first kappa shape index (κ1) is 31.1. The molecular weight excluding hydrogens is 661 g/mol. The average molecular weight is 695 g/mol. The maximum Gasteiger partial charge on any atom is 0.223 e. The molecule has 0 amide bonds. The monoisotopic (exact) mass is 693 g/mol. The Morgan fingerprint density at radius 3 is 2.43 bits per heavy atom. The number of hydrogen-bond acceptors (Lipinski definition) is 9. The zero-order chi connectivity index (χ0) is 33.7. The fourth-order valence-corrected chi connectivity index (χ4v) is 7.13. The van der Waals surface area contributed by atoms with E-state index in [1.807, 2.05) is 24.4 Å². The van der Waals surface area contributed by atoms with Gasteiger partial charge in [-0.25, -0.2) is 19.9 Å². The highest BCUT2D eigenvalue weighted by molar-refractivity contribution is 6.33. The van der Waals surface area contributed by atoms with E-state index >= 15 is 0 Å². The van der Waals surface area contributed by atoms with Gasteiger partial charge in [-0.1, -0.05) is 41.4 Å². The van der Waals surface area contributed by atoms with Gasteiger partial charge in [0.1, 0.15) is 0 Å². The molecule has 0 atom stereocenters. The van der Waals surface area contributed by atoms with Crippen LogP contribution in [-0.2, 0) is 6.54 Å². The number of fused-ring (bicyclic) bond motifs is 2. The number of aromatic nitrogens is 8. The lowest BCUT2D eigenvalue weighted by Gasteiger charge is -2.36. The Bertz CT molecular complexity index is 2320. The van der Waals surface area contributed by atoms with Crippen molar-refractivity contribution in [3.63, 3.8) is 0 Å². The van der Waals surface area contributed by atoms with Gasteiger partial charge in [0, 0.05) is 64.8 Å². The molecule has 5 heterocycles. The van der Waals surface area contributed by atoms with E-state index in [1.54, 1.807) is 36.5 Å². The number of halogens is 2. The van der Waals surface area contributed by atoms with E-state index in [9.17, 15) is 5.11 Å². The summed E-state index contributed by atoms with van der Waals surface area (Å²) in [7, 11) is 1.77. The van der Waals surface area contributed by atoms with Gasteiger partial charge in [0.25, 0.3) is 0 Å². The third-order valence-electron chi connectivity index (χ3n) is 9.24. The molecule has 8 rings (SSSR count). The first-order valence-corrected chi connectivity index (χ1v) is 16.7. The first-order chi connectivity index (χ1) is 23.8. The van der Waals surface area contributed by atoms with Crippen molar-refractivity contribution in [2.24, 2.45) is 0 Å². The van der Waals surface area contributed by atoms with E-state index in [1.165, 1.54) is 0 Å². The number of H-pyrrole nitrogens is 1. The van der Waals surface area contributed by atoms with Crippen molar-refractivity contribution < 1.29 is 5.11 Å². The minimum absolute atomic E-state index is 0.105. The quantitative estimate of drug-likeness (QED) is 0.114. The molecule has 6 N–H and O–H groups in total. The molecular formula is C35H33Cl2N11O. The van der Waals surface area contributed by atoms with Crippen LogP contribution >= 0.6 is 23.2 Å². The molecule has 1 aliphatic carbocycles. The van der Waals surface area contributed by atoms with Crippen molar-refractivity contribution in [2.45, 2.75) is 43.9 Å². The van der Waals surface area contributed by atoms with E-state index in [4.69, 9.17) is 33.9 Å². The fourth-order valence-electron chi connectivity index (χ4n) is 6.75. The summed E-state index contributed by atoms with van der Waals surface area (Å²) < 4.78 is 3.85. The van der Waals surface area contributed by atoms with E-state index in [0.29, 0.717) is 58.4 Å². The number of rotatable bonds is 8. The Hall–Kier alpha value is -5.17. The number of hydrogen-bond donors (Lipinski definition) is 5. The molecule has 1 saturated carbocycles. The number of aliphatic hydroxyl groups is 1. The van der Waals surface area contributed by atoms with Crippen molar-refractivity contribution in [2.75, 3.05) is 23.4 Å². The van der Waals surface area contributed by atoms with Crippen molar-refractivity contribution in [3.05, 3.63) is 89.7 Å². The predicted molar refractivity (Wildman–Crippen MR) is 194 cm³/mol. The van der Waals surface area contributed by atoms with Crippen LogP contribution in [-0.4, -0.2) is 63.1 Å². The fraction of sp³-hybridized carbons (Fsp3) is 0.229. The van der Waals surface area contributed by atoms with Crippen LogP contribution < -0.4 is 16.4 Å². The van der Waals surface area contributed by atoms with Gasteiger partial charge in [-0.05, 0) is 49.9 Å². The van der Waals surface area contributed by atoms with Gasteiger partial charge in [-0.3, -0.25) is 4.68 Å². The van der Waals surface area contributed by atoms with Gasteiger partial charge >= 0.3 is 0 Å². The van der Waals surface area contributed by atoms with Crippen molar-refractivity contribution in [3.8, 4) is 28.2 Å². The number of para-hydroxylation sites is 1. The molecule has 0 radical (unpaired) electrons. The molecule has 5 aromatic heterocycles. The van der Waals surface area contributed by atoms with Gasteiger partial charge in [0.05, 0.1) is 63.4 Å². The summed E-state index contributed by atoms with van der Waals surface area (Å²) in [5, 5.41) is 24.8. The number of nitrogens with one attached hydrogen (secondary N) is 3. The molecule has 0 bridgehead atoms. The SMILES string of the molecule is CNc1ncc(Cl)c(-c2c[nH]c3ccc(-n4cc(-c5nc(NC6CCC(O)(Cn7cc(N)cn7)CC6)ncc5Cl)c5ccccc54)cc23)n1. The summed E-state index contributed by atoms with van der Waals surface area (Å²) in [5.74, 6) is 0.982. The number of nitrogen functional groups attached to an aromatic ring is 1. The zero-order valence-corrected chi connectivity index (χ0v) is 28.0. The maximum absolute atomic E-state index is 11.2. The topological polar surface area (TPSA) is 160 Å². The van der Waals surface area contributed by atoms with E-state index in [-0.39, 0.29) is 6.04 Å². The number of nitrogens with zero attached hydrogens (tertiary/aromatic N) is 7. The lowest BCUT2D eigenvalue weighted by atomic mass is 9.82. The highest BCUT2D eigenvalue weighted by Crippen LogP contribution is 2.38. The summed E-state index contributed by atoms with van der Waals surface area (Å²) in [5.41, 5.74) is 11.5. The summed E-state index contributed by atoms with van der Waals surface area (Å²) >= 11 is 13.4. The zero-order valence-electron chi connectivity index (χ0n) is 26.5. The molecule has 12 nitrogen and oxygen atoms in total. The number of nitrogens with two attached hydrogens (primary N) is 1. The number of aromatic amines is 1. The van der Waals surface area contributed by atoms with Crippen LogP contribution in [0.3, 0.4) is 0 Å². The predicted octanol–water partition coefficient (Wildman–Crippen LogP) is 6.94. The second-order valence-corrected chi connectivity index (χ2v) is 13.3. The molecule has 2 aromatic carbocycles. The lowest BCUT2D eigenvalue weighted by molar-refractivity contribution is -0.0166. The third-order valence-corrected chi connectivity index (χ3v) is 9.79. The molecule has 49 heavy (non-hydrogen) atoms. The Balaban J connectivity index is 1.10. The van der Waals surface area contributed by atoms with Crippen LogP contribution in [0.1, 0.15) is 25.7 Å². The van der Waals surface area contributed by atoms with Gasteiger partial charge in [0.15, 0.2) is 0 Å². The second-order valence-electron chi connectivity index (χ2n) is 12.5. The van der Waals surface area contributed by atoms with Crippen molar-refractivity contribution in [1.82, 2.24) is 39.3 Å². The largest absolute Gasteiger partial charge is 0.396 e. The highest BCUT2D eigenvalue weighted by Gasteiger charge is 2.34. The summed E-state index contributed by atoms with van der Waals surface area (Å²) in [6.45, 7) is 0.409. The van der Waals surface area contributed by atoms with E-state index in [0.717, 1.165) is 51.5 Å². The Morgan fingerprint density at radius 2 is 1.67 bits per heavy atom. The summed E-state index contributed by atoms with van der Waals surface area (Å²) in [6, 6.07) is 14.5. The molecule has 1 fully saturated rings. The van der Waals surface area contributed by atoms with E-state index in [2.05, 4.69) is 70.7 Å². The standard InChI is InChI=1S/C35H33Cl2N11O/c1-39-33-41-15-27(36)31(45-33)25-14-40-29-7-6-22(12-24(25)29)48-18-26(23-4-2-3-5-30(23)48)32-28(37)16-42-34(46-32)44-21-8-10-35(49,11-9-21)19-47-17-20(38)13-43-47/h2-7,12-18,21,40,49H,8-11,19,38H2,1H3,(H,39,41,45)(H,42,44,46). The molecule has 14 heteroatoms. The minimum Gasteiger partial charge on any atom is -0.396 e. The molecule has 0 aliphatic heterocycles. The Labute approximate surface area is 291 Å². The van der Waals surface area contributed by atoms with Crippen LogP contribution in [0, 0.1) is 0 Å². The van der Waals surface area contributed by atoms with Crippen LogP contribution in [0.5, 0.6) is 0 Å². The van der Waals surface area contributed by atoms with Crippen molar-refractivity contribution in [1.29, 1.82) is 0 Å². The molecule has 0 spiro atoms.